The molecule has 0 saturated heterocycles. The van der Waals surface area contributed by atoms with E-state index in [0.717, 1.165) is 12.8 Å². The molecule has 0 fully saturated rings. The minimum absolute atomic E-state index is 0.138. The molecule has 3 aromatic rings. The molecule has 0 bridgehead atoms. The van der Waals surface area contributed by atoms with Gasteiger partial charge in [-0.3, -0.25) is 9.78 Å². The molecule has 4 rings (SSSR count). The molecule has 0 radical (unpaired) electrons. The smallest absolute Gasteiger partial charge is 0.258 e. The molecule has 0 spiro atoms. The molecule has 0 atom stereocenters. The van der Waals surface area contributed by atoms with Crippen molar-refractivity contribution in [3.05, 3.63) is 56.5 Å². The van der Waals surface area contributed by atoms with Gasteiger partial charge in [-0.1, -0.05) is 12.2 Å². The van der Waals surface area contributed by atoms with Crippen molar-refractivity contribution in [1.82, 2.24) is 15.0 Å². The number of benzene rings is 1. The molecular formula is C20H18FN3O3. The maximum Gasteiger partial charge on any atom is 0.258 e. The topological polar surface area (TPSA) is 77.1 Å². The fraction of sp³-hybridized carbons (Fsp3) is 0.250. The van der Waals surface area contributed by atoms with Crippen LogP contribution in [0.15, 0.2) is 23.1 Å². The quantitative estimate of drug-likeness (QED) is 0.755. The lowest BCUT2D eigenvalue weighted by Gasteiger charge is -2.10. The highest BCUT2D eigenvalue weighted by Crippen LogP contribution is 2.30. The Labute approximate surface area is 154 Å². The van der Waals surface area contributed by atoms with Gasteiger partial charge in [0.2, 0.25) is 0 Å². The number of halogens is 1. The number of ether oxygens (including phenoxy) is 2. The van der Waals surface area contributed by atoms with E-state index in [9.17, 15) is 9.18 Å². The van der Waals surface area contributed by atoms with E-state index < -0.39 is 0 Å². The van der Waals surface area contributed by atoms with Crippen LogP contribution in [0.3, 0.4) is 0 Å². The van der Waals surface area contributed by atoms with Crippen molar-refractivity contribution in [1.29, 1.82) is 0 Å². The Morgan fingerprint density at radius 3 is 2.67 bits per heavy atom. The zero-order valence-corrected chi connectivity index (χ0v) is 15.0. The van der Waals surface area contributed by atoms with Crippen molar-refractivity contribution in [2.75, 3.05) is 14.2 Å². The first-order valence-corrected chi connectivity index (χ1v) is 8.59. The summed E-state index contributed by atoms with van der Waals surface area (Å²) in [6, 6.07) is 3.22. The van der Waals surface area contributed by atoms with Gasteiger partial charge >= 0.3 is 0 Å². The van der Waals surface area contributed by atoms with Crippen molar-refractivity contribution >= 4 is 23.1 Å². The van der Waals surface area contributed by atoms with Crippen LogP contribution >= 0.6 is 0 Å². The van der Waals surface area contributed by atoms with E-state index in [1.54, 1.807) is 12.1 Å². The van der Waals surface area contributed by atoms with Crippen LogP contribution in [0.4, 0.5) is 4.39 Å². The van der Waals surface area contributed by atoms with Crippen LogP contribution in [0, 0.1) is 5.82 Å². The van der Waals surface area contributed by atoms with Crippen molar-refractivity contribution in [2.45, 2.75) is 19.3 Å². The molecule has 0 saturated carbocycles. The summed E-state index contributed by atoms with van der Waals surface area (Å²) >= 11 is 0. The van der Waals surface area contributed by atoms with Gasteiger partial charge in [0.05, 0.1) is 30.5 Å². The summed E-state index contributed by atoms with van der Waals surface area (Å²) in [5.74, 6) is 0.966. The monoisotopic (exact) mass is 367 g/mol. The van der Waals surface area contributed by atoms with E-state index >= 15 is 0 Å². The molecule has 6 nitrogen and oxygen atoms in total. The molecule has 1 aliphatic rings. The van der Waals surface area contributed by atoms with Crippen molar-refractivity contribution in [2.24, 2.45) is 0 Å². The van der Waals surface area contributed by atoms with E-state index in [0.29, 0.717) is 44.4 Å². The Balaban J connectivity index is 1.81. The molecule has 0 aliphatic heterocycles. The predicted octanol–water partition coefficient (Wildman–Crippen LogP) is 1.42. The first-order chi connectivity index (χ1) is 13.1. The second kappa shape index (κ2) is 6.83. The first-order valence-electron chi connectivity index (χ1n) is 8.59. The van der Waals surface area contributed by atoms with E-state index in [1.165, 1.54) is 20.4 Å². The van der Waals surface area contributed by atoms with E-state index in [2.05, 4.69) is 15.0 Å². The second-order valence-electron chi connectivity index (χ2n) is 6.30. The normalized spacial score (nSPS) is 12.9. The second-order valence-corrected chi connectivity index (χ2v) is 6.30. The minimum Gasteiger partial charge on any atom is -0.493 e. The summed E-state index contributed by atoms with van der Waals surface area (Å²) in [6.45, 7) is 0. The largest absolute Gasteiger partial charge is 0.493 e. The Bertz CT molecular complexity index is 1220. The summed E-state index contributed by atoms with van der Waals surface area (Å²) < 4.78 is 25.3. The third-order valence-corrected chi connectivity index (χ3v) is 4.62. The molecule has 0 amide bonds. The average molecular weight is 367 g/mol. The van der Waals surface area contributed by atoms with Crippen LogP contribution in [0.2, 0.25) is 0 Å². The van der Waals surface area contributed by atoms with Crippen LogP contribution in [-0.2, 0) is 6.42 Å². The van der Waals surface area contributed by atoms with Crippen LogP contribution in [-0.4, -0.2) is 29.2 Å². The fourth-order valence-electron chi connectivity index (χ4n) is 3.27. The van der Waals surface area contributed by atoms with Gasteiger partial charge < -0.3 is 14.5 Å². The minimum atomic E-state index is -0.317. The molecule has 2 aromatic heterocycles. The lowest BCUT2D eigenvalue weighted by atomic mass is 10.1. The highest BCUT2D eigenvalue weighted by Gasteiger charge is 2.13. The number of methoxy groups -OCH3 is 2. The van der Waals surface area contributed by atoms with Gasteiger partial charge in [0.15, 0.2) is 11.5 Å². The maximum atomic E-state index is 14.8. The molecule has 7 heteroatoms. The summed E-state index contributed by atoms with van der Waals surface area (Å²) in [5.41, 5.74) is 0.531. The molecule has 1 aliphatic carbocycles. The number of nitrogens with zero attached hydrogens (tertiary/aromatic N) is 2. The number of nitrogens with one attached hydrogen (secondary N) is 1. The van der Waals surface area contributed by atoms with Gasteiger partial charge in [0, 0.05) is 29.5 Å². The van der Waals surface area contributed by atoms with Crippen LogP contribution in [0.25, 0.3) is 23.1 Å². The maximum absolute atomic E-state index is 14.8. The zero-order valence-electron chi connectivity index (χ0n) is 15.0. The predicted molar refractivity (Wildman–Crippen MR) is 99.9 cm³/mol. The molecule has 138 valence electrons. The molecule has 0 unspecified atom stereocenters. The Morgan fingerprint density at radius 1 is 1.15 bits per heavy atom. The molecule has 1 N–H and O–H groups in total. The molecule has 2 heterocycles. The summed E-state index contributed by atoms with van der Waals surface area (Å²) in [7, 11) is 3.01. The molecule has 1 aromatic carbocycles. The first kappa shape index (κ1) is 17.2. The van der Waals surface area contributed by atoms with E-state index in [4.69, 9.17) is 9.47 Å². The van der Waals surface area contributed by atoms with Crippen molar-refractivity contribution in [3.63, 3.8) is 0 Å². The highest BCUT2D eigenvalue weighted by molar-refractivity contribution is 5.81. The number of rotatable bonds is 4. The Morgan fingerprint density at radius 2 is 1.89 bits per heavy atom. The third kappa shape index (κ3) is 3.05. The average Bonchev–Trinajstić information content (AvgIpc) is 2.69. The van der Waals surface area contributed by atoms with Gasteiger partial charge in [0.1, 0.15) is 11.6 Å². The Kier molecular flexibility index (Phi) is 4.35. The molecular weight excluding hydrogens is 349 g/mol. The van der Waals surface area contributed by atoms with Crippen LogP contribution in [0.5, 0.6) is 11.5 Å². The number of H-pyrrole nitrogens is 1. The number of fused-ring (bicyclic) bond motifs is 2. The standard InChI is InChI=1S/C20H18FN3O3/c1-26-16-8-13-15(9-17(16)27-2)23-18(24-20(13)25)7-11-10-22-14-6-4-3-5-12(14)19(11)21/h5-6,8-10H,3-4,7H2,1-2H3,(H,23,24,25). The van der Waals surface area contributed by atoms with Crippen molar-refractivity contribution in [3.8, 4) is 11.5 Å². The summed E-state index contributed by atoms with van der Waals surface area (Å²) in [4.78, 5) is 24.0. The number of hydrogen-bond donors (Lipinski definition) is 1. The number of hydrogen-bond acceptors (Lipinski definition) is 5. The lowest BCUT2D eigenvalue weighted by Crippen LogP contribution is -2.34. The van der Waals surface area contributed by atoms with Gasteiger partial charge in [0.25, 0.3) is 5.56 Å². The van der Waals surface area contributed by atoms with E-state index in [-0.39, 0.29) is 17.8 Å². The summed E-state index contributed by atoms with van der Waals surface area (Å²) in [5, 5.41) is 1.57. The van der Waals surface area contributed by atoms with Crippen LogP contribution in [0.1, 0.15) is 24.2 Å². The molecule has 27 heavy (non-hydrogen) atoms. The van der Waals surface area contributed by atoms with Crippen molar-refractivity contribution < 1.29 is 13.9 Å². The van der Waals surface area contributed by atoms with Gasteiger partial charge in [-0.25, -0.2) is 9.37 Å². The number of aromatic nitrogens is 3. The fourth-order valence-corrected chi connectivity index (χ4v) is 3.27. The lowest BCUT2D eigenvalue weighted by molar-refractivity contribution is 0.355. The SMILES string of the molecule is COc1cc2nc(Cc3cnc4c(c3F)=CCCC=4)[nH]c(=O)c2cc1OC. The van der Waals surface area contributed by atoms with E-state index in [1.807, 2.05) is 12.2 Å². The van der Waals surface area contributed by atoms with Crippen LogP contribution < -0.4 is 25.6 Å². The van der Waals surface area contributed by atoms with Gasteiger partial charge in [-0.05, 0) is 18.9 Å². The van der Waals surface area contributed by atoms with Gasteiger partial charge in [-0.2, -0.15) is 0 Å². The Hall–Kier alpha value is -3.22. The third-order valence-electron chi connectivity index (χ3n) is 4.62. The zero-order chi connectivity index (χ0) is 19.0. The highest BCUT2D eigenvalue weighted by atomic mass is 19.1. The summed E-state index contributed by atoms with van der Waals surface area (Å²) in [6.07, 6.45) is 7.08. The number of aromatic amines is 1. The number of pyridine rings is 1. The van der Waals surface area contributed by atoms with Gasteiger partial charge in [-0.15, -0.1) is 0 Å².